The molecule has 0 aromatic heterocycles. The summed E-state index contributed by atoms with van der Waals surface area (Å²) < 4.78 is 5.00. The van der Waals surface area contributed by atoms with Gasteiger partial charge in [-0.3, -0.25) is 4.79 Å². The lowest BCUT2D eigenvalue weighted by molar-refractivity contribution is -0.152. The third-order valence-corrected chi connectivity index (χ3v) is 2.07. The van der Waals surface area contributed by atoms with Crippen molar-refractivity contribution in [3.8, 4) is 0 Å². The zero-order valence-electron chi connectivity index (χ0n) is 8.75. The van der Waals surface area contributed by atoms with Crippen molar-refractivity contribution in [3.63, 3.8) is 0 Å². The number of carbonyl (C=O) groups is 1. The van der Waals surface area contributed by atoms with Gasteiger partial charge in [-0.05, 0) is 19.8 Å². The number of hydrogen-bond donors (Lipinski definition) is 1. The van der Waals surface area contributed by atoms with E-state index in [0.717, 1.165) is 12.8 Å². The Kier molecular flexibility index (Phi) is 6.59. The van der Waals surface area contributed by atoms with E-state index in [-0.39, 0.29) is 11.9 Å². The minimum Gasteiger partial charge on any atom is -0.465 e. The van der Waals surface area contributed by atoms with Gasteiger partial charge in [0.05, 0.1) is 18.6 Å². The first-order valence-electron chi connectivity index (χ1n) is 4.98. The van der Waals surface area contributed by atoms with E-state index in [4.69, 9.17) is 4.74 Å². The third kappa shape index (κ3) is 4.88. The summed E-state index contributed by atoms with van der Waals surface area (Å²) in [5.74, 6) is -0.636. The van der Waals surface area contributed by atoms with Crippen LogP contribution in [0, 0.1) is 5.92 Å². The Labute approximate surface area is 80.1 Å². The molecule has 0 aliphatic rings. The summed E-state index contributed by atoms with van der Waals surface area (Å²) in [7, 11) is 0. The monoisotopic (exact) mass is 188 g/mol. The molecular weight excluding hydrogens is 168 g/mol. The van der Waals surface area contributed by atoms with Gasteiger partial charge in [0.2, 0.25) is 0 Å². The van der Waals surface area contributed by atoms with Gasteiger partial charge in [0, 0.05) is 0 Å². The Balaban J connectivity index is 3.78. The number of rotatable bonds is 6. The molecule has 0 saturated heterocycles. The Bertz CT molecular complexity index is 143. The van der Waals surface area contributed by atoms with Gasteiger partial charge in [-0.15, -0.1) is 0 Å². The summed E-state index contributed by atoms with van der Waals surface area (Å²) in [4.78, 5) is 11.3. The fourth-order valence-electron chi connectivity index (χ4n) is 1.13. The topological polar surface area (TPSA) is 46.5 Å². The van der Waals surface area contributed by atoms with E-state index >= 15 is 0 Å². The number of hydrogen-bond acceptors (Lipinski definition) is 3. The van der Waals surface area contributed by atoms with E-state index < -0.39 is 6.10 Å². The largest absolute Gasteiger partial charge is 0.465 e. The van der Waals surface area contributed by atoms with Crippen LogP contribution < -0.4 is 0 Å². The molecular formula is C10H20O3. The molecule has 0 spiro atoms. The molecule has 13 heavy (non-hydrogen) atoms. The van der Waals surface area contributed by atoms with Crippen molar-refractivity contribution < 1.29 is 14.6 Å². The predicted molar refractivity (Wildman–Crippen MR) is 51.3 cm³/mol. The number of unbranched alkanes of at least 4 members (excludes halogenated alkanes) is 1. The van der Waals surface area contributed by atoms with Crippen molar-refractivity contribution in [2.75, 3.05) is 6.61 Å². The number of esters is 1. The summed E-state index contributed by atoms with van der Waals surface area (Å²) in [6, 6.07) is 0. The number of aliphatic hydroxyl groups excluding tert-OH is 1. The van der Waals surface area contributed by atoms with E-state index in [2.05, 4.69) is 0 Å². The molecule has 2 atom stereocenters. The van der Waals surface area contributed by atoms with Crippen LogP contribution in [0.25, 0.3) is 0 Å². The van der Waals surface area contributed by atoms with Crippen molar-refractivity contribution in [2.45, 2.75) is 46.1 Å². The third-order valence-electron chi connectivity index (χ3n) is 2.07. The molecule has 3 heteroatoms. The van der Waals surface area contributed by atoms with E-state index in [1.54, 1.807) is 6.92 Å². The van der Waals surface area contributed by atoms with Gasteiger partial charge >= 0.3 is 5.97 Å². The van der Waals surface area contributed by atoms with Gasteiger partial charge < -0.3 is 9.84 Å². The van der Waals surface area contributed by atoms with E-state index in [0.29, 0.717) is 13.0 Å². The summed E-state index contributed by atoms with van der Waals surface area (Å²) in [5.41, 5.74) is 0. The second-order valence-corrected chi connectivity index (χ2v) is 3.28. The van der Waals surface area contributed by atoms with Crippen LogP contribution >= 0.6 is 0 Å². The van der Waals surface area contributed by atoms with Crippen LogP contribution in [0.4, 0.5) is 0 Å². The van der Waals surface area contributed by atoms with Gasteiger partial charge in [-0.25, -0.2) is 0 Å². The molecule has 0 radical (unpaired) electrons. The van der Waals surface area contributed by atoms with E-state index in [1.165, 1.54) is 0 Å². The van der Waals surface area contributed by atoms with Gasteiger partial charge in [-0.1, -0.05) is 20.3 Å². The smallest absolute Gasteiger partial charge is 0.311 e. The van der Waals surface area contributed by atoms with Crippen molar-refractivity contribution in [3.05, 3.63) is 0 Å². The highest BCUT2D eigenvalue weighted by atomic mass is 16.5. The number of aliphatic hydroxyl groups is 1. The second kappa shape index (κ2) is 6.89. The van der Waals surface area contributed by atoms with Gasteiger partial charge in [-0.2, -0.15) is 0 Å². The number of ether oxygens (including phenoxy) is 1. The molecule has 0 fully saturated rings. The summed E-state index contributed by atoms with van der Waals surface area (Å²) >= 11 is 0. The van der Waals surface area contributed by atoms with Crippen LogP contribution in [0.3, 0.4) is 0 Å². The van der Waals surface area contributed by atoms with Gasteiger partial charge in [0.15, 0.2) is 0 Å². The van der Waals surface area contributed by atoms with Crippen molar-refractivity contribution in [1.82, 2.24) is 0 Å². The predicted octanol–water partition coefficient (Wildman–Crippen LogP) is 1.74. The Morgan fingerprint density at radius 1 is 1.46 bits per heavy atom. The standard InChI is InChI=1S/C10H20O3/c1-4-6-7-13-10(12)9(5-2)8(3)11/h8-9,11H,4-7H2,1-3H3/t8-,9-/m0/s1. The van der Waals surface area contributed by atoms with Crippen molar-refractivity contribution >= 4 is 5.97 Å². The molecule has 0 amide bonds. The highest BCUT2D eigenvalue weighted by Crippen LogP contribution is 2.10. The molecule has 0 unspecified atom stereocenters. The molecule has 78 valence electrons. The molecule has 0 aromatic rings. The lowest BCUT2D eigenvalue weighted by Crippen LogP contribution is -2.27. The highest BCUT2D eigenvalue weighted by Gasteiger charge is 2.22. The maximum Gasteiger partial charge on any atom is 0.311 e. The first kappa shape index (κ1) is 12.4. The van der Waals surface area contributed by atoms with Crippen molar-refractivity contribution in [2.24, 2.45) is 5.92 Å². The minimum absolute atomic E-state index is 0.272. The summed E-state index contributed by atoms with van der Waals surface area (Å²) in [6.45, 7) is 6.01. The highest BCUT2D eigenvalue weighted by molar-refractivity contribution is 5.72. The molecule has 0 aliphatic carbocycles. The maximum atomic E-state index is 11.3. The molecule has 0 heterocycles. The fourth-order valence-corrected chi connectivity index (χ4v) is 1.13. The average Bonchev–Trinajstić information content (AvgIpc) is 2.05. The van der Waals surface area contributed by atoms with Gasteiger partial charge in [0.1, 0.15) is 0 Å². The van der Waals surface area contributed by atoms with Crippen LogP contribution in [0.5, 0.6) is 0 Å². The summed E-state index contributed by atoms with van der Waals surface area (Å²) in [6.07, 6.45) is 1.92. The molecule has 0 aromatic carbocycles. The zero-order chi connectivity index (χ0) is 10.3. The minimum atomic E-state index is -0.612. The Hall–Kier alpha value is -0.570. The van der Waals surface area contributed by atoms with Crippen LogP contribution in [0.1, 0.15) is 40.0 Å². The summed E-state index contributed by atoms with van der Waals surface area (Å²) in [5, 5.41) is 9.24. The lowest BCUT2D eigenvalue weighted by Gasteiger charge is -2.16. The SMILES string of the molecule is CCCCOC(=O)[C@@H](CC)[C@H](C)O. The fraction of sp³-hybridized carbons (Fsp3) is 0.900. The van der Waals surface area contributed by atoms with Crippen LogP contribution in [0.15, 0.2) is 0 Å². The van der Waals surface area contributed by atoms with Gasteiger partial charge in [0.25, 0.3) is 0 Å². The number of carbonyl (C=O) groups excluding carboxylic acids is 1. The first-order valence-corrected chi connectivity index (χ1v) is 4.98. The van der Waals surface area contributed by atoms with E-state index in [9.17, 15) is 9.90 Å². The molecule has 0 saturated carbocycles. The molecule has 1 N–H and O–H groups in total. The normalized spacial score (nSPS) is 15.1. The lowest BCUT2D eigenvalue weighted by atomic mass is 10.0. The molecule has 0 bridgehead atoms. The average molecular weight is 188 g/mol. The second-order valence-electron chi connectivity index (χ2n) is 3.28. The Morgan fingerprint density at radius 2 is 2.08 bits per heavy atom. The van der Waals surface area contributed by atoms with Crippen LogP contribution in [-0.4, -0.2) is 23.8 Å². The molecule has 0 rings (SSSR count). The maximum absolute atomic E-state index is 11.3. The van der Waals surface area contributed by atoms with Crippen LogP contribution in [-0.2, 0) is 9.53 Å². The zero-order valence-corrected chi connectivity index (χ0v) is 8.75. The quantitative estimate of drug-likeness (QED) is 0.510. The van der Waals surface area contributed by atoms with Crippen LogP contribution in [0.2, 0.25) is 0 Å². The Morgan fingerprint density at radius 3 is 2.46 bits per heavy atom. The molecule has 3 nitrogen and oxygen atoms in total. The molecule has 0 aliphatic heterocycles. The first-order chi connectivity index (χ1) is 6.13. The van der Waals surface area contributed by atoms with Crippen molar-refractivity contribution in [1.29, 1.82) is 0 Å². The van der Waals surface area contributed by atoms with E-state index in [1.807, 2.05) is 13.8 Å².